The molecule has 0 aliphatic heterocycles. The van der Waals surface area contributed by atoms with Crippen LogP contribution in [-0.4, -0.2) is 31.3 Å². The number of carbonyl (C=O) groups excluding carboxylic acids is 1. The quantitative estimate of drug-likeness (QED) is 0.735. The van der Waals surface area contributed by atoms with Gasteiger partial charge >= 0.3 is 0 Å². The second kappa shape index (κ2) is 6.99. The van der Waals surface area contributed by atoms with Crippen molar-refractivity contribution in [2.24, 2.45) is 0 Å². The number of ether oxygens (including phenoxy) is 2. The summed E-state index contributed by atoms with van der Waals surface area (Å²) in [5, 5.41) is 2.77. The molecule has 1 aromatic rings. The fourth-order valence-electron chi connectivity index (χ4n) is 1.56. The summed E-state index contributed by atoms with van der Waals surface area (Å²) in [5.41, 5.74) is 5.85. The van der Waals surface area contributed by atoms with E-state index in [9.17, 15) is 4.79 Å². The second-order valence-corrected chi connectivity index (χ2v) is 4.83. The zero-order chi connectivity index (χ0) is 14.3. The summed E-state index contributed by atoms with van der Waals surface area (Å²) in [6, 6.07) is 6.98. The molecule has 0 aromatic heterocycles. The van der Waals surface area contributed by atoms with Gasteiger partial charge in [0.15, 0.2) is 6.61 Å². The summed E-state index contributed by atoms with van der Waals surface area (Å²) < 4.78 is 10.8. The van der Waals surface area contributed by atoms with Crippen LogP contribution < -0.4 is 15.8 Å². The van der Waals surface area contributed by atoms with Gasteiger partial charge in [0, 0.05) is 24.9 Å². The molecule has 0 spiro atoms. The van der Waals surface area contributed by atoms with Gasteiger partial charge in [-0.15, -0.1) is 0 Å². The highest BCUT2D eigenvalue weighted by Crippen LogP contribution is 2.14. The summed E-state index contributed by atoms with van der Waals surface area (Å²) in [4.78, 5) is 11.6. The summed E-state index contributed by atoms with van der Waals surface area (Å²) >= 11 is 0. The predicted octanol–water partition coefficient (Wildman–Crippen LogP) is 1.58. The van der Waals surface area contributed by atoms with E-state index in [1.54, 1.807) is 24.3 Å². The van der Waals surface area contributed by atoms with Gasteiger partial charge in [-0.05, 0) is 32.9 Å². The first-order valence-corrected chi connectivity index (χ1v) is 6.32. The molecule has 0 aliphatic rings. The first-order valence-electron chi connectivity index (χ1n) is 6.32. The van der Waals surface area contributed by atoms with Crippen molar-refractivity contribution in [1.82, 2.24) is 5.32 Å². The molecule has 0 unspecified atom stereocenters. The minimum atomic E-state index is -0.373. The number of anilines is 1. The molecule has 0 atom stereocenters. The molecule has 3 N–H and O–H groups in total. The lowest BCUT2D eigenvalue weighted by atomic mass is 10.1. The predicted molar refractivity (Wildman–Crippen MR) is 75.1 cm³/mol. The zero-order valence-corrected chi connectivity index (χ0v) is 11.7. The van der Waals surface area contributed by atoms with Crippen molar-refractivity contribution < 1.29 is 14.3 Å². The van der Waals surface area contributed by atoms with Gasteiger partial charge in [0.2, 0.25) is 0 Å². The maximum atomic E-state index is 11.6. The molecule has 5 heteroatoms. The van der Waals surface area contributed by atoms with Crippen LogP contribution in [0.1, 0.15) is 20.8 Å². The van der Waals surface area contributed by atoms with Crippen molar-refractivity contribution in [3.05, 3.63) is 24.3 Å². The van der Waals surface area contributed by atoms with E-state index in [0.29, 0.717) is 24.6 Å². The lowest BCUT2D eigenvalue weighted by Gasteiger charge is -2.24. The summed E-state index contributed by atoms with van der Waals surface area (Å²) in [5.74, 6) is 0.398. The largest absolute Gasteiger partial charge is 0.484 e. The minimum Gasteiger partial charge on any atom is -0.484 e. The number of nitrogens with one attached hydrogen (secondary N) is 1. The van der Waals surface area contributed by atoms with E-state index in [0.717, 1.165) is 0 Å². The number of benzene rings is 1. The Balaban J connectivity index is 2.32. The molecule has 5 nitrogen and oxygen atoms in total. The molecule has 106 valence electrons. The highest BCUT2D eigenvalue weighted by molar-refractivity contribution is 5.77. The lowest BCUT2D eigenvalue weighted by Crippen LogP contribution is -2.42. The molecule has 1 amide bonds. The molecule has 19 heavy (non-hydrogen) atoms. The number of nitrogen functional groups attached to an aromatic ring is 1. The van der Waals surface area contributed by atoms with Crippen LogP contribution in [0.3, 0.4) is 0 Å². The fourth-order valence-corrected chi connectivity index (χ4v) is 1.56. The van der Waals surface area contributed by atoms with E-state index >= 15 is 0 Å². The highest BCUT2D eigenvalue weighted by Gasteiger charge is 2.18. The Bertz CT molecular complexity index is 419. The Kier molecular flexibility index (Phi) is 5.63. The van der Waals surface area contributed by atoms with Crippen molar-refractivity contribution in [2.45, 2.75) is 26.4 Å². The lowest BCUT2D eigenvalue weighted by molar-refractivity contribution is -0.124. The third-order valence-electron chi connectivity index (χ3n) is 2.47. The van der Waals surface area contributed by atoms with Gasteiger partial charge in [0.05, 0.1) is 5.60 Å². The van der Waals surface area contributed by atoms with Crippen molar-refractivity contribution in [1.29, 1.82) is 0 Å². The monoisotopic (exact) mass is 266 g/mol. The van der Waals surface area contributed by atoms with Crippen LogP contribution in [0, 0.1) is 0 Å². The Labute approximate surface area is 114 Å². The number of carbonyl (C=O) groups is 1. The Morgan fingerprint density at radius 3 is 2.79 bits per heavy atom. The van der Waals surface area contributed by atoms with Gasteiger partial charge in [-0.2, -0.15) is 0 Å². The van der Waals surface area contributed by atoms with Gasteiger partial charge in [0.1, 0.15) is 5.75 Å². The van der Waals surface area contributed by atoms with E-state index in [4.69, 9.17) is 15.2 Å². The Morgan fingerprint density at radius 2 is 2.16 bits per heavy atom. The molecule has 0 radical (unpaired) electrons. The van der Waals surface area contributed by atoms with Crippen molar-refractivity contribution in [3.63, 3.8) is 0 Å². The molecule has 0 saturated carbocycles. The van der Waals surface area contributed by atoms with Crippen LogP contribution in [0.25, 0.3) is 0 Å². The van der Waals surface area contributed by atoms with E-state index in [-0.39, 0.29) is 18.1 Å². The summed E-state index contributed by atoms with van der Waals surface area (Å²) in [6.45, 7) is 6.80. The van der Waals surface area contributed by atoms with Crippen LogP contribution in [0.2, 0.25) is 0 Å². The van der Waals surface area contributed by atoms with Gasteiger partial charge in [-0.3, -0.25) is 4.79 Å². The molecule has 0 aliphatic carbocycles. The van der Waals surface area contributed by atoms with Crippen LogP contribution >= 0.6 is 0 Å². The van der Waals surface area contributed by atoms with E-state index < -0.39 is 0 Å². The van der Waals surface area contributed by atoms with Crippen LogP contribution in [-0.2, 0) is 9.53 Å². The third-order valence-corrected chi connectivity index (χ3v) is 2.47. The molecule has 0 saturated heterocycles. The molecule has 0 heterocycles. The minimum absolute atomic E-state index is 0.0361. The zero-order valence-electron chi connectivity index (χ0n) is 11.7. The maximum absolute atomic E-state index is 11.6. The smallest absolute Gasteiger partial charge is 0.258 e. The number of hydrogen-bond donors (Lipinski definition) is 2. The second-order valence-electron chi connectivity index (χ2n) is 4.83. The van der Waals surface area contributed by atoms with Gasteiger partial charge in [0.25, 0.3) is 5.91 Å². The molecule has 0 bridgehead atoms. The van der Waals surface area contributed by atoms with Crippen LogP contribution in [0.4, 0.5) is 5.69 Å². The number of amides is 1. The highest BCUT2D eigenvalue weighted by atomic mass is 16.5. The topological polar surface area (TPSA) is 73.6 Å². The fraction of sp³-hybridized carbons (Fsp3) is 0.500. The third kappa shape index (κ3) is 6.10. The van der Waals surface area contributed by atoms with Gasteiger partial charge in [-0.25, -0.2) is 0 Å². The first kappa shape index (κ1) is 15.3. The molecule has 0 fully saturated rings. The molecular weight excluding hydrogens is 244 g/mol. The number of hydrogen-bond acceptors (Lipinski definition) is 4. The van der Waals surface area contributed by atoms with E-state index in [2.05, 4.69) is 5.32 Å². The molecule has 1 rings (SSSR count). The molecular formula is C14H22N2O3. The van der Waals surface area contributed by atoms with Crippen molar-refractivity contribution in [3.8, 4) is 5.75 Å². The van der Waals surface area contributed by atoms with E-state index in [1.807, 2.05) is 20.8 Å². The van der Waals surface area contributed by atoms with Gasteiger partial charge < -0.3 is 20.5 Å². The van der Waals surface area contributed by atoms with Crippen LogP contribution in [0.5, 0.6) is 5.75 Å². The standard InChI is InChI=1S/C14H22N2O3/c1-4-19-14(2,3)10-16-13(17)9-18-12-7-5-6-11(15)8-12/h5-8H,4,9-10,15H2,1-3H3,(H,16,17). The summed E-state index contributed by atoms with van der Waals surface area (Å²) in [6.07, 6.45) is 0. The average Bonchev–Trinajstić information content (AvgIpc) is 2.34. The van der Waals surface area contributed by atoms with Crippen molar-refractivity contribution in [2.75, 3.05) is 25.5 Å². The number of rotatable bonds is 7. The van der Waals surface area contributed by atoms with Crippen molar-refractivity contribution >= 4 is 11.6 Å². The van der Waals surface area contributed by atoms with E-state index in [1.165, 1.54) is 0 Å². The van der Waals surface area contributed by atoms with Gasteiger partial charge in [-0.1, -0.05) is 6.07 Å². The Morgan fingerprint density at radius 1 is 1.42 bits per heavy atom. The number of nitrogens with two attached hydrogens (primary N) is 1. The SMILES string of the molecule is CCOC(C)(C)CNC(=O)COc1cccc(N)c1. The Hall–Kier alpha value is -1.75. The molecule has 1 aromatic carbocycles. The maximum Gasteiger partial charge on any atom is 0.258 e. The van der Waals surface area contributed by atoms with Crippen LogP contribution in [0.15, 0.2) is 24.3 Å². The normalized spacial score (nSPS) is 11.1. The first-order chi connectivity index (χ1) is 8.93. The summed E-state index contributed by atoms with van der Waals surface area (Å²) in [7, 11) is 0. The average molecular weight is 266 g/mol.